The van der Waals surface area contributed by atoms with Gasteiger partial charge < -0.3 is 10.5 Å². The van der Waals surface area contributed by atoms with Gasteiger partial charge in [0, 0.05) is 25.3 Å². The lowest BCUT2D eigenvalue weighted by atomic mass is 9.91. The van der Waals surface area contributed by atoms with Crippen LogP contribution in [0.15, 0.2) is 12.3 Å². The molecule has 0 saturated carbocycles. The van der Waals surface area contributed by atoms with Gasteiger partial charge in [-0.3, -0.25) is 4.79 Å². The first kappa shape index (κ1) is 11.1. The first-order chi connectivity index (χ1) is 7.68. The Hall–Kier alpha value is -1.42. The molecular weight excluding hydrogens is 204 g/mol. The second-order valence-electron chi connectivity index (χ2n) is 4.20. The zero-order chi connectivity index (χ0) is 11.5. The Bertz CT molecular complexity index is 398. The summed E-state index contributed by atoms with van der Waals surface area (Å²) >= 11 is 0. The van der Waals surface area contributed by atoms with Crippen molar-refractivity contribution < 1.29 is 9.53 Å². The second-order valence-corrected chi connectivity index (χ2v) is 4.20. The number of carbonyl (C=O) groups is 1. The molecule has 0 amide bonds. The highest BCUT2D eigenvalue weighted by Gasteiger charge is 2.24. The summed E-state index contributed by atoms with van der Waals surface area (Å²) in [5, 5.41) is 0. The van der Waals surface area contributed by atoms with E-state index in [1.54, 1.807) is 6.20 Å². The van der Waals surface area contributed by atoms with Crippen LogP contribution in [0.2, 0.25) is 0 Å². The molecule has 1 saturated heterocycles. The molecule has 4 nitrogen and oxygen atoms in total. The van der Waals surface area contributed by atoms with Crippen LogP contribution in [0.1, 0.15) is 28.8 Å². The number of nitrogens with zero attached hydrogens (tertiary/aromatic N) is 1. The summed E-state index contributed by atoms with van der Waals surface area (Å²) in [6.45, 7) is 3.23. The number of nitrogen functional groups attached to an aromatic ring is 1. The van der Waals surface area contributed by atoms with E-state index in [-0.39, 0.29) is 11.7 Å². The maximum atomic E-state index is 12.2. The van der Waals surface area contributed by atoms with Gasteiger partial charge in [-0.25, -0.2) is 4.98 Å². The van der Waals surface area contributed by atoms with Crippen LogP contribution in [0.25, 0.3) is 0 Å². The SMILES string of the molecule is Cc1cnc(N)c(C(=O)C2CCOCC2)c1. The molecule has 4 heteroatoms. The number of aryl methyl sites for hydroxylation is 1. The predicted molar refractivity (Wildman–Crippen MR) is 61.3 cm³/mol. The molecule has 2 heterocycles. The maximum Gasteiger partial charge on any atom is 0.169 e. The third-order valence-corrected chi connectivity index (χ3v) is 2.91. The van der Waals surface area contributed by atoms with Crippen molar-refractivity contribution in [1.82, 2.24) is 4.98 Å². The van der Waals surface area contributed by atoms with Gasteiger partial charge in [0.1, 0.15) is 5.82 Å². The summed E-state index contributed by atoms with van der Waals surface area (Å²) in [4.78, 5) is 16.2. The van der Waals surface area contributed by atoms with E-state index in [4.69, 9.17) is 10.5 Å². The fraction of sp³-hybridized carbons (Fsp3) is 0.500. The van der Waals surface area contributed by atoms with Crippen LogP contribution in [-0.2, 0) is 4.74 Å². The largest absolute Gasteiger partial charge is 0.383 e. The average Bonchev–Trinajstić information content (AvgIpc) is 2.32. The van der Waals surface area contributed by atoms with Crippen molar-refractivity contribution in [3.63, 3.8) is 0 Å². The predicted octanol–water partition coefficient (Wildman–Crippen LogP) is 1.58. The van der Waals surface area contributed by atoms with E-state index in [1.807, 2.05) is 13.0 Å². The Morgan fingerprint density at radius 2 is 2.19 bits per heavy atom. The lowest BCUT2D eigenvalue weighted by molar-refractivity contribution is 0.0545. The highest BCUT2D eigenvalue weighted by Crippen LogP contribution is 2.22. The van der Waals surface area contributed by atoms with E-state index < -0.39 is 0 Å². The number of hydrogen-bond donors (Lipinski definition) is 1. The zero-order valence-electron chi connectivity index (χ0n) is 9.40. The van der Waals surface area contributed by atoms with Crippen LogP contribution >= 0.6 is 0 Å². The molecule has 0 atom stereocenters. The molecule has 0 radical (unpaired) electrons. The normalized spacial score (nSPS) is 17.3. The minimum absolute atomic E-state index is 0.0413. The average molecular weight is 220 g/mol. The first-order valence-electron chi connectivity index (χ1n) is 5.52. The lowest BCUT2D eigenvalue weighted by Crippen LogP contribution is -2.24. The zero-order valence-corrected chi connectivity index (χ0v) is 9.40. The molecule has 86 valence electrons. The molecule has 0 spiro atoms. The van der Waals surface area contributed by atoms with Gasteiger partial charge in [0.15, 0.2) is 5.78 Å². The Morgan fingerprint density at radius 3 is 2.88 bits per heavy atom. The van der Waals surface area contributed by atoms with Gasteiger partial charge in [-0.2, -0.15) is 0 Å². The van der Waals surface area contributed by atoms with Crippen LogP contribution in [-0.4, -0.2) is 24.0 Å². The van der Waals surface area contributed by atoms with Gasteiger partial charge in [0.2, 0.25) is 0 Å². The number of pyridine rings is 1. The molecule has 1 aromatic rings. The van der Waals surface area contributed by atoms with Crippen LogP contribution in [0.5, 0.6) is 0 Å². The van der Waals surface area contributed by atoms with Crippen molar-refractivity contribution >= 4 is 11.6 Å². The molecule has 0 aromatic carbocycles. The molecule has 2 rings (SSSR count). The number of ether oxygens (including phenoxy) is 1. The fourth-order valence-corrected chi connectivity index (χ4v) is 1.96. The summed E-state index contributed by atoms with van der Waals surface area (Å²) in [5.41, 5.74) is 7.26. The van der Waals surface area contributed by atoms with Gasteiger partial charge in [-0.1, -0.05) is 0 Å². The van der Waals surface area contributed by atoms with Gasteiger partial charge in [-0.15, -0.1) is 0 Å². The molecule has 0 aliphatic carbocycles. The summed E-state index contributed by atoms with van der Waals surface area (Å²) < 4.78 is 5.24. The highest BCUT2D eigenvalue weighted by atomic mass is 16.5. The third kappa shape index (κ3) is 2.22. The van der Waals surface area contributed by atoms with Crippen molar-refractivity contribution in [3.8, 4) is 0 Å². The van der Waals surface area contributed by atoms with Crippen molar-refractivity contribution in [3.05, 3.63) is 23.4 Å². The van der Waals surface area contributed by atoms with Crippen molar-refractivity contribution in [2.24, 2.45) is 5.92 Å². The molecule has 1 aliphatic rings. The van der Waals surface area contributed by atoms with Crippen LogP contribution < -0.4 is 5.73 Å². The highest BCUT2D eigenvalue weighted by molar-refractivity contribution is 6.01. The van der Waals surface area contributed by atoms with Crippen molar-refractivity contribution in [2.45, 2.75) is 19.8 Å². The first-order valence-corrected chi connectivity index (χ1v) is 5.52. The molecule has 0 unspecified atom stereocenters. The van der Waals surface area contributed by atoms with E-state index in [1.165, 1.54) is 0 Å². The van der Waals surface area contributed by atoms with Gasteiger partial charge in [0.05, 0.1) is 5.56 Å². The topological polar surface area (TPSA) is 65.2 Å². The standard InChI is InChI=1S/C12H16N2O2/c1-8-6-10(12(13)14-7-8)11(15)9-2-4-16-5-3-9/h6-7,9H,2-5H2,1H3,(H2,13,14). The minimum Gasteiger partial charge on any atom is -0.383 e. The summed E-state index contributed by atoms with van der Waals surface area (Å²) in [7, 11) is 0. The van der Waals surface area contributed by atoms with Gasteiger partial charge >= 0.3 is 0 Å². The number of hydrogen-bond acceptors (Lipinski definition) is 4. The molecular formula is C12H16N2O2. The smallest absolute Gasteiger partial charge is 0.169 e. The van der Waals surface area contributed by atoms with Crippen LogP contribution in [0.4, 0.5) is 5.82 Å². The van der Waals surface area contributed by atoms with E-state index in [0.29, 0.717) is 24.6 Å². The number of carbonyl (C=O) groups excluding carboxylic acids is 1. The molecule has 2 N–H and O–H groups in total. The second kappa shape index (κ2) is 4.61. The molecule has 1 fully saturated rings. The fourth-order valence-electron chi connectivity index (χ4n) is 1.96. The summed E-state index contributed by atoms with van der Waals surface area (Å²) in [6, 6.07) is 1.82. The third-order valence-electron chi connectivity index (χ3n) is 2.91. The van der Waals surface area contributed by atoms with Gasteiger partial charge in [0.25, 0.3) is 0 Å². The lowest BCUT2D eigenvalue weighted by Gasteiger charge is -2.21. The number of rotatable bonds is 2. The number of aromatic nitrogens is 1. The Morgan fingerprint density at radius 1 is 1.50 bits per heavy atom. The van der Waals surface area contributed by atoms with Crippen molar-refractivity contribution in [1.29, 1.82) is 0 Å². The van der Waals surface area contributed by atoms with Crippen LogP contribution in [0.3, 0.4) is 0 Å². The molecule has 16 heavy (non-hydrogen) atoms. The van der Waals surface area contributed by atoms with Crippen LogP contribution in [0, 0.1) is 12.8 Å². The van der Waals surface area contributed by atoms with Gasteiger partial charge in [-0.05, 0) is 31.4 Å². The Labute approximate surface area is 94.8 Å². The number of anilines is 1. The molecule has 0 bridgehead atoms. The van der Waals surface area contributed by atoms with E-state index >= 15 is 0 Å². The number of Topliss-reactive ketones (excluding diaryl/α,β-unsaturated/α-hetero) is 1. The summed E-state index contributed by atoms with van der Waals surface area (Å²) in [6.07, 6.45) is 3.24. The van der Waals surface area contributed by atoms with E-state index in [9.17, 15) is 4.79 Å². The molecule has 1 aliphatic heterocycles. The number of nitrogens with two attached hydrogens (primary N) is 1. The quantitative estimate of drug-likeness (QED) is 0.768. The molecule has 1 aromatic heterocycles. The monoisotopic (exact) mass is 220 g/mol. The van der Waals surface area contributed by atoms with Crippen molar-refractivity contribution in [2.75, 3.05) is 18.9 Å². The minimum atomic E-state index is 0.0413. The Balaban J connectivity index is 2.22. The number of ketones is 1. The summed E-state index contributed by atoms with van der Waals surface area (Å²) in [5.74, 6) is 0.485. The Kier molecular flexibility index (Phi) is 3.19. The maximum absolute atomic E-state index is 12.2. The van der Waals surface area contributed by atoms with E-state index in [0.717, 1.165) is 18.4 Å². The van der Waals surface area contributed by atoms with E-state index in [2.05, 4.69) is 4.98 Å².